The van der Waals surface area contributed by atoms with Gasteiger partial charge in [-0.05, 0) is 53.1 Å². The molecule has 1 unspecified atom stereocenters. The summed E-state index contributed by atoms with van der Waals surface area (Å²) in [6.45, 7) is 0.740. The number of aromatic nitrogens is 2. The maximum atomic E-state index is 13.7. The van der Waals surface area contributed by atoms with Crippen LogP contribution in [-0.4, -0.2) is 26.1 Å². The van der Waals surface area contributed by atoms with E-state index in [1.807, 2.05) is 78.9 Å². The molecule has 1 atom stereocenters. The molecule has 5 aromatic rings. The number of phenolic OH excluding ortho intramolecular Hbond substituents is 1. The SMILES string of the molecule is O=C1c2[nH]nc(-c3cc(Cl)ccc3O)c2C(c2ccc(OCc3ccccc3)cc2)N1Cc1ccccc1Cl. The lowest BCUT2D eigenvalue weighted by Crippen LogP contribution is -2.29. The fraction of sp³-hybridized carbons (Fsp3) is 0.0968. The van der Waals surface area contributed by atoms with E-state index in [-0.39, 0.29) is 11.7 Å². The van der Waals surface area contributed by atoms with Crippen LogP contribution in [0.3, 0.4) is 0 Å². The van der Waals surface area contributed by atoms with E-state index >= 15 is 0 Å². The Morgan fingerprint density at radius 1 is 0.923 bits per heavy atom. The molecule has 1 aromatic heterocycles. The zero-order valence-electron chi connectivity index (χ0n) is 20.6. The van der Waals surface area contributed by atoms with Gasteiger partial charge in [-0.3, -0.25) is 9.89 Å². The smallest absolute Gasteiger partial charge is 0.273 e. The van der Waals surface area contributed by atoms with E-state index < -0.39 is 6.04 Å². The first-order valence-corrected chi connectivity index (χ1v) is 13.1. The Balaban J connectivity index is 1.39. The summed E-state index contributed by atoms with van der Waals surface area (Å²) in [5, 5.41) is 19.0. The summed E-state index contributed by atoms with van der Waals surface area (Å²) in [7, 11) is 0. The fourth-order valence-corrected chi connectivity index (χ4v) is 5.27. The molecule has 6 rings (SSSR count). The average molecular weight is 556 g/mol. The Morgan fingerprint density at radius 3 is 2.44 bits per heavy atom. The van der Waals surface area contributed by atoms with E-state index in [4.69, 9.17) is 27.9 Å². The van der Waals surface area contributed by atoms with Crippen LogP contribution in [0.4, 0.5) is 0 Å². The van der Waals surface area contributed by atoms with Crippen LogP contribution in [0.1, 0.15) is 38.8 Å². The Morgan fingerprint density at radius 2 is 1.67 bits per heavy atom. The van der Waals surface area contributed by atoms with E-state index in [0.717, 1.165) is 16.7 Å². The number of fused-ring (bicyclic) bond motifs is 1. The zero-order valence-corrected chi connectivity index (χ0v) is 22.2. The number of ether oxygens (including phenoxy) is 1. The van der Waals surface area contributed by atoms with Gasteiger partial charge in [0, 0.05) is 27.7 Å². The third kappa shape index (κ3) is 4.85. The summed E-state index contributed by atoms with van der Waals surface area (Å²) < 4.78 is 5.98. The van der Waals surface area contributed by atoms with Crippen molar-refractivity contribution in [1.29, 1.82) is 0 Å². The molecular formula is C31H23Cl2N3O3. The summed E-state index contributed by atoms with van der Waals surface area (Å²) in [4.78, 5) is 15.5. The van der Waals surface area contributed by atoms with Crippen LogP contribution >= 0.6 is 23.2 Å². The van der Waals surface area contributed by atoms with Crippen molar-refractivity contribution in [3.63, 3.8) is 0 Å². The molecule has 2 heterocycles. The predicted octanol–water partition coefficient (Wildman–Crippen LogP) is 7.41. The number of aromatic amines is 1. The zero-order chi connectivity index (χ0) is 26.9. The monoisotopic (exact) mass is 555 g/mol. The summed E-state index contributed by atoms with van der Waals surface area (Å²) in [5.74, 6) is 0.526. The molecule has 0 saturated carbocycles. The van der Waals surface area contributed by atoms with E-state index in [1.165, 1.54) is 6.07 Å². The van der Waals surface area contributed by atoms with Gasteiger partial charge in [0.05, 0.1) is 6.04 Å². The number of hydrogen-bond donors (Lipinski definition) is 2. The molecular weight excluding hydrogens is 533 g/mol. The summed E-state index contributed by atoms with van der Waals surface area (Å²) in [5.41, 5.74) is 4.71. The van der Waals surface area contributed by atoms with Crippen LogP contribution in [0.25, 0.3) is 11.3 Å². The maximum Gasteiger partial charge on any atom is 0.273 e. The average Bonchev–Trinajstić information content (AvgIpc) is 3.50. The minimum absolute atomic E-state index is 0.0223. The second-order valence-electron chi connectivity index (χ2n) is 9.29. The van der Waals surface area contributed by atoms with Crippen molar-refractivity contribution in [3.8, 4) is 22.8 Å². The number of amides is 1. The van der Waals surface area contributed by atoms with Crippen LogP contribution in [0, 0.1) is 0 Å². The number of phenols is 1. The van der Waals surface area contributed by atoms with Crippen molar-refractivity contribution < 1.29 is 14.6 Å². The fourth-order valence-electron chi connectivity index (χ4n) is 4.91. The topological polar surface area (TPSA) is 78.5 Å². The van der Waals surface area contributed by atoms with Gasteiger partial charge in [0.2, 0.25) is 0 Å². The lowest BCUT2D eigenvalue weighted by atomic mass is 9.95. The molecule has 194 valence electrons. The van der Waals surface area contributed by atoms with Crippen LogP contribution in [0.2, 0.25) is 10.0 Å². The maximum absolute atomic E-state index is 13.7. The highest BCUT2D eigenvalue weighted by atomic mass is 35.5. The van der Waals surface area contributed by atoms with Crippen molar-refractivity contribution in [3.05, 3.63) is 135 Å². The predicted molar refractivity (Wildman–Crippen MR) is 151 cm³/mol. The van der Waals surface area contributed by atoms with Crippen molar-refractivity contribution in [2.45, 2.75) is 19.2 Å². The van der Waals surface area contributed by atoms with Gasteiger partial charge in [-0.15, -0.1) is 0 Å². The molecule has 2 N–H and O–H groups in total. The van der Waals surface area contributed by atoms with Gasteiger partial charge in [-0.1, -0.05) is 83.9 Å². The van der Waals surface area contributed by atoms with E-state index in [1.54, 1.807) is 17.0 Å². The van der Waals surface area contributed by atoms with Crippen molar-refractivity contribution >= 4 is 29.1 Å². The van der Waals surface area contributed by atoms with Crippen LogP contribution in [0.5, 0.6) is 11.5 Å². The third-order valence-electron chi connectivity index (χ3n) is 6.82. The molecule has 1 aliphatic rings. The summed E-state index contributed by atoms with van der Waals surface area (Å²) >= 11 is 12.7. The molecule has 0 aliphatic carbocycles. The molecule has 4 aromatic carbocycles. The minimum Gasteiger partial charge on any atom is -0.507 e. The molecule has 8 heteroatoms. The van der Waals surface area contributed by atoms with Gasteiger partial charge in [-0.2, -0.15) is 5.10 Å². The van der Waals surface area contributed by atoms with E-state index in [2.05, 4.69) is 10.2 Å². The third-order valence-corrected chi connectivity index (χ3v) is 7.42. The number of H-pyrrole nitrogens is 1. The lowest BCUT2D eigenvalue weighted by molar-refractivity contribution is 0.0730. The summed E-state index contributed by atoms with van der Waals surface area (Å²) in [6.07, 6.45) is 0. The molecule has 1 aliphatic heterocycles. The molecule has 0 spiro atoms. The molecule has 0 bridgehead atoms. The van der Waals surface area contributed by atoms with Crippen molar-refractivity contribution in [2.24, 2.45) is 0 Å². The number of nitrogens with one attached hydrogen (secondary N) is 1. The highest BCUT2D eigenvalue weighted by Gasteiger charge is 2.42. The Hall–Kier alpha value is -4.26. The Labute approximate surface area is 235 Å². The van der Waals surface area contributed by atoms with E-state index in [0.29, 0.717) is 51.5 Å². The highest BCUT2D eigenvalue weighted by Crippen LogP contribution is 2.46. The first-order valence-electron chi connectivity index (χ1n) is 12.4. The molecule has 39 heavy (non-hydrogen) atoms. The molecule has 6 nitrogen and oxygen atoms in total. The Kier molecular flexibility index (Phi) is 6.73. The minimum atomic E-state index is -0.487. The van der Waals surface area contributed by atoms with Gasteiger partial charge >= 0.3 is 0 Å². The second kappa shape index (κ2) is 10.5. The molecule has 0 fully saturated rings. The lowest BCUT2D eigenvalue weighted by Gasteiger charge is -2.27. The number of rotatable bonds is 7. The number of carbonyl (C=O) groups excluding carboxylic acids is 1. The van der Waals surface area contributed by atoms with Crippen molar-refractivity contribution in [1.82, 2.24) is 15.1 Å². The molecule has 1 amide bonds. The quantitative estimate of drug-likeness (QED) is 0.219. The number of nitrogens with zero attached hydrogens (tertiary/aromatic N) is 2. The van der Waals surface area contributed by atoms with Gasteiger partial charge < -0.3 is 14.7 Å². The number of hydrogen-bond acceptors (Lipinski definition) is 4. The van der Waals surface area contributed by atoms with Crippen LogP contribution in [0.15, 0.2) is 97.1 Å². The van der Waals surface area contributed by atoms with E-state index in [9.17, 15) is 9.90 Å². The van der Waals surface area contributed by atoms with Gasteiger partial charge in [0.25, 0.3) is 5.91 Å². The number of benzene rings is 4. The van der Waals surface area contributed by atoms with Gasteiger partial charge in [-0.25, -0.2) is 0 Å². The number of halogens is 2. The number of aromatic hydroxyl groups is 1. The molecule has 0 radical (unpaired) electrons. The Bertz CT molecular complexity index is 1650. The molecule has 0 saturated heterocycles. The van der Waals surface area contributed by atoms with Crippen LogP contribution < -0.4 is 4.74 Å². The first kappa shape index (κ1) is 25.0. The van der Waals surface area contributed by atoms with Gasteiger partial charge in [0.1, 0.15) is 29.5 Å². The second-order valence-corrected chi connectivity index (χ2v) is 10.1. The first-order chi connectivity index (χ1) is 19.0. The van der Waals surface area contributed by atoms with Gasteiger partial charge in [0.15, 0.2) is 0 Å². The summed E-state index contributed by atoms with van der Waals surface area (Å²) in [6, 6.07) is 29.4. The highest BCUT2D eigenvalue weighted by molar-refractivity contribution is 6.31. The largest absolute Gasteiger partial charge is 0.507 e. The van der Waals surface area contributed by atoms with Crippen molar-refractivity contribution in [2.75, 3.05) is 0 Å². The normalized spacial score (nSPS) is 14.5. The standard InChI is InChI=1S/C31H23Cl2N3O3/c32-22-12-15-26(37)24(16-22)28-27-29(35-34-28)31(38)36(17-21-8-4-5-9-25(21)33)30(27)20-10-13-23(14-11-20)39-18-19-6-2-1-3-7-19/h1-16,30,37H,17-18H2,(H,34,35). The number of carbonyl (C=O) groups is 1. The van der Waals surface area contributed by atoms with Crippen LogP contribution in [-0.2, 0) is 13.2 Å².